The van der Waals surface area contributed by atoms with E-state index >= 15 is 0 Å². The number of halogens is 1. The van der Waals surface area contributed by atoms with Crippen molar-refractivity contribution in [2.24, 2.45) is 0 Å². The highest BCUT2D eigenvalue weighted by Crippen LogP contribution is 2.17. The minimum Gasteiger partial charge on any atom is -0.354 e. The van der Waals surface area contributed by atoms with Crippen molar-refractivity contribution in [1.82, 2.24) is 10.6 Å². The summed E-state index contributed by atoms with van der Waals surface area (Å²) in [6, 6.07) is 10.0. The molecule has 0 aliphatic heterocycles. The molecule has 1 rings (SSSR count). The molecule has 18 heavy (non-hydrogen) atoms. The first kappa shape index (κ1) is 14.7. The van der Waals surface area contributed by atoms with E-state index in [0.29, 0.717) is 13.0 Å². The number of carbonyl (C=O) groups excluding carboxylic acids is 1. The normalized spacial score (nSPS) is 11.6. The number of amides is 1. The molecule has 1 aromatic carbocycles. The van der Waals surface area contributed by atoms with Crippen molar-refractivity contribution in [2.75, 3.05) is 13.1 Å². The van der Waals surface area contributed by atoms with Gasteiger partial charge in [0.05, 0.1) is 19.0 Å². The van der Waals surface area contributed by atoms with Gasteiger partial charge in [0.1, 0.15) is 0 Å². The predicted octanol–water partition coefficient (Wildman–Crippen LogP) is 2.13. The number of nitrogens with one attached hydrogen (secondary N) is 2. The Bertz CT molecular complexity index is 442. The van der Waals surface area contributed by atoms with Gasteiger partial charge in [-0.1, -0.05) is 28.1 Å². The number of carbonyl (C=O) groups is 1. The number of hydrogen-bond acceptors (Lipinski definition) is 3. The lowest BCUT2D eigenvalue weighted by Gasteiger charge is -2.14. The number of nitrogens with zero attached hydrogens (tertiary/aromatic N) is 1. The molecule has 0 spiro atoms. The molecule has 0 radical (unpaired) electrons. The van der Waals surface area contributed by atoms with Crippen LogP contribution in [0.2, 0.25) is 0 Å². The third-order valence-corrected chi connectivity index (χ3v) is 2.97. The van der Waals surface area contributed by atoms with Crippen molar-refractivity contribution >= 4 is 21.8 Å². The van der Waals surface area contributed by atoms with Gasteiger partial charge >= 0.3 is 0 Å². The monoisotopic (exact) mass is 309 g/mol. The molecule has 1 amide bonds. The molecule has 0 fully saturated rings. The van der Waals surface area contributed by atoms with Crippen LogP contribution in [0.5, 0.6) is 0 Å². The first-order valence-corrected chi connectivity index (χ1v) is 6.55. The second-order valence-corrected chi connectivity index (χ2v) is 4.83. The summed E-state index contributed by atoms with van der Waals surface area (Å²) >= 11 is 3.41. The van der Waals surface area contributed by atoms with E-state index in [4.69, 9.17) is 5.26 Å². The molecule has 0 saturated carbocycles. The maximum absolute atomic E-state index is 11.4. The Labute approximate surface area is 116 Å². The lowest BCUT2D eigenvalue weighted by atomic mass is 10.1. The Hall–Kier alpha value is -1.38. The van der Waals surface area contributed by atoms with Crippen molar-refractivity contribution in [1.29, 1.82) is 5.26 Å². The minimum atomic E-state index is -0.0907. The lowest BCUT2D eigenvalue weighted by molar-refractivity contribution is -0.120. The van der Waals surface area contributed by atoms with Gasteiger partial charge in [0, 0.05) is 17.1 Å². The van der Waals surface area contributed by atoms with Crippen molar-refractivity contribution in [2.45, 2.75) is 19.4 Å². The summed E-state index contributed by atoms with van der Waals surface area (Å²) in [5.41, 5.74) is 1.12. The van der Waals surface area contributed by atoms with Crippen LogP contribution in [-0.4, -0.2) is 19.0 Å². The molecule has 1 atom stereocenters. The van der Waals surface area contributed by atoms with E-state index in [9.17, 15) is 4.79 Å². The van der Waals surface area contributed by atoms with E-state index in [1.807, 2.05) is 37.3 Å². The topological polar surface area (TPSA) is 64.9 Å². The van der Waals surface area contributed by atoms with Gasteiger partial charge in [-0.2, -0.15) is 5.26 Å². The van der Waals surface area contributed by atoms with E-state index in [1.54, 1.807) is 0 Å². The average Bonchev–Trinajstić information content (AvgIpc) is 2.36. The highest BCUT2D eigenvalue weighted by molar-refractivity contribution is 9.10. The van der Waals surface area contributed by atoms with Crippen LogP contribution in [0.3, 0.4) is 0 Å². The Morgan fingerprint density at radius 1 is 1.56 bits per heavy atom. The molecule has 1 aromatic rings. The molecule has 0 bridgehead atoms. The average molecular weight is 310 g/mol. The van der Waals surface area contributed by atoms with Gasteiger partial charge in [-0.05, 0) is 24.6 Å². The van der Waals surface area contributed by atoms with Crippen LogP contribution < -0.4 is 10.6 Å². The Morgan fingerprint density at radius 3 is 3.00 bits per heavy atom. The quantitative estimate of drug-likeness (QED) is 0.791. The Balaban J connectivity index is 2.35. The third-order valence-electron chi connectivity index (χ3n) is 2.48. The number of hydrogen-bond donors (Lipinski definition) is 2. The standard InChI is InChI=1S/C13H16BrN3O/c1-10(11-4-2-5-12(14)8-11)17-9-13(18)16-7-3-6-15/h2,4-5,8,10,17H,3,7,9H2,1H3,(H,16,18). The van der Waals surface area contributed by atoms with Crippen molar-refractivity contribution < 1.29 is 4.79 Å². The molecular formula is C13H16BrN3O. The molecule has 96 valence electrons. The first-order valence-electron chi connectivity index (χ1n) is 5.76. The fraction of sp³-hybridized carbons (Fsp3) is 0.385. The summed E-state index contributed by atoms with van der Waals surface area (Å²) in [6.45, 7) is 2.66. The van der Waals surface area contributed by atoms with Crippen LogP contribution in [0.1, 0.15) is 24.9 Å². The van der Waals surface area contributed by atoms with Gasteiger partial charge in [-0.3, -0.25) is 4.79 Å². The number of benzene rings is 1. The van der Waals surface area contributed by atoms with Crippen molar-refractivity contribution in [3.8, 4) is 6.07 Å². The maximum Gasteiger partial charge on any atom is 0.234 e. The first-order chi connectivity index (χ1) is 8.63. The number of nitriles is 1. The van der Waals surface area contributed by atoms with Gasteiger partial charge in [0.2, 0.25) is 5.91 Å². The van der Waals surface area contributed by atoms with E-state index in [1.165, 1.54) is 0 Å². The van der Waals surface area contributed by atoms with Crippen LogP contribution in [0.4, 0.5) is 0 Å². The molecule has 2 N–H and O–H groups in total. The zero-order chi connectivity index (χ0) is 13.4. The van der Waals surface area contributed by atoms with Gasteiger partial charge in [-0.15, -0.1) is 0 Å². The SMILES string of the molecule is CC(NCC(=O)NCCC#N)c1cccc(Br)c1. The Morgan fingerprint density at radius 2 is 2.33 bits per heavy atom. The molecular weight excluding hydrogens is 294 g/mol. The maximum atomic E-state index is 11.4. The van der Waals surface area contributed by atoms with E-state index in [-0.39, 0.29) is 18.5 Å². The summed E-state index contributed by atoms with van der Waals surface area (Å²) in [4.78, 5) is 11.4. The molecule has 4 nitrogen and oxygen atoms in total. The smallest absolute Gasteiger partial charge is 0.234 e. The van der Waals surface area contributed by atoms with Gasteiger partial charge in [-0.25, -0.2) is 0 Å². The summed E-state index contributed by atoms with van der Waals surface area (Å²) in [7, 11) is 0. The summed E-state index contributed by atoms with van der Waals surface area (Å²) in [6.07, 6.45) is 0.340. The van der Waals surface area contributed by atoms with Gasteiger partial charge < -0.3 is 10.6 Å². The van der Waals surface area contributed by atoms with Crippen LogP contribution in [0.25, 0.3) is 0 Å². The zero-order valence-electron chi connectivity index (χ0n) is 10.2. The molecule has 0 aliphatic carbocycles. The van der Waals surface area contributed by atoms with E-state index < -0.39 is 0 Å². The van der Waals surface area contributed by atoms with Gasteiger partial charge in [0.25, 0.3) is 0 Å². The van der Waals surface area contributed by atoms with Crippen LogP contribution in [0, 0.1) is 11.3 Å². The van der Waals surface area contributed by atoms with E-state index in [0.717, 1.165) is 10.0 Å². The zero-order valence-corrected chi connectivity index (χ0v) is 11.8. The van der Waals surface area contributed by atoms with Crippen molar-refractivity contribution in [3.05, 3.63) is 34.3 Å². The van der Waals surface area contributed by atoms with Crippen molar-refractivity contribution in [3.63, 3.8) is 0 Å². The molecule has 0 aromatic heterocycles. The second-order valence-electron chi connectivity index (χ2n) is 3.92. The predicted molar refractivity (Wildman–Crippen MR) is 73.8 cm³/mol. The molecule has 1 unspecified atom stereocenters. The molecule has 5 heteroatoms. The Kier molecular flexibility index (Phi) is 6.40. The molecule has 0 heterocycles. The summed E-state index contributed by atoms with van der Waals surface area (Å²) in [5.74, 6) is -0.0907. The second kappa shape index (κ2) is 7.85. The fourth-order valence-electron chi connectivity index (χ4n) is 1.46. The largest absolute Gasteiger partial charge is 0.354 e. The highest BCUT2D eigenvalue weighted by atomic mass is 79.9. The fourth-order valence-corrected chi connectivity index (χ4v) is 1.88. The van der Waals surface area contributed by atoms with Crippen LogP contribution >= 0.6 is 15.9 Å². The molecule has 0 saturated heterocycles. The third kappa shape index (κ3) is 5.30. The van der Waals surface area contributed by atoms with Crippen LogP contribution in [-0.2, 0) is 4.79 Å². The van der Waals surface area contributed by atoms with Gasteiger partial charge in [0.15, 0.2) is 0 Å². The minimum absolute atomic E-state index is 0.0907. The highest BCUT2D eigenvalue weighted by Gasteiger charge is 2.07. The summed E-state index contributed by atoms with van der Waals surface area (Å²) in [5, 5.41) is 14.2. The molecule has 0 aliphatic rings. The number of rotatable bonds is 6. The van der Waals surface area contributed by atoms with Crippen LogP contribution in [0.15, 0.2) is 28.7 Å². The van der Waals surface area contributed by atoms with E-state index in [2.05, 4.69) is 26.6 Å². The summed E-state index contributed by atoms with van der Waals surface area (Å²) < 4.78 is 1.02. The lowest BCUT2D eigenvalue weighted by Crippen LogP contribution is -2.35.